The van der Waals surface area contributed by atoms with Gasteiger partial charge in [0, 0.05) is 45.4 Å². The van der Waals surface area contributed by atoms with Gasteiger partial charge >= 0.3 is 0 Å². The smallest absolute Gasteiger partial charge is 0.0799 e. The zero-order valence-corrected chi connectivity index (χ0v) is 34.6. The molecule has 2 nitrogen and oxygen atoms in total. The summed E-state index contributed by atoms with van der Waals surface area (Å²) >= 11 is 1.77. The van der Waals surface area contributed by atoms with Crippen molar-refractivity contribution in [2.24, 2.45) is 5.92 Å². The summed E-state index contributed by atoms with van der Waals surface area (Å²) < 4.78 is 50.8. The maximum Gasteiger partial charge on any atom is 0.0799 e. The number of aromatic nitrogens is 2. The van der Waals surface area contributed by atoms with Crippen LogP contribution in [0.4, 0.5) is 0 Å². The molecule has 1 saturated carbocycles. The van der Waals surface area contributed by atoms with Gasteiger partial charge in [-0.1, -0.05) is 137 Å². The first kappa shape index (κ1) is 30.7. The number of fused-ring (bicyclic) bond motifs is 3. The number of aryl methyl sites for hydroxylation is 1. The van der Waals surface area contributed by atoms with Crippen molar-refractivity contribution in [1.82, 2.24) is 9.97 Å². The van der Waals surface area contributed by atoms with Crippen molar-refractivity contribution in [3.8, 4) is 33.6 Å². The van der Waals surface area contributed by atoms with Crippen LogP contribution in [0.2, 0.25) is 19.6 Å². The number of hydrogen-bond donors (Lipinski definition) is 0. The summed E-state index contributed by atoms with van der Waals surface area (Å²) in [6.07, 6.45) is 6.50. The third kappa shape index (κ3) is 8.56. The Morgan fingerprint density at radius 1 is 0.885 bits per heavy atom. The van der Waals surface area contributed by atoms with Gasteiger partial charge in [0.25, 0.3) is 0 Å². The first-order valence-electron chi connectivity index (χ1n) is 20.8. The van der Waals surface area contributed by atoms with Crippen LogP contribution >= 0.6 is 11.3 Å². The second kappa shape index (κ2) is 16.5. The van der Waals surface area contributed by atoms with E-state index in [0.717, 1.165) is 64.0 Å². The zero-order chi connectivity index (χ0) is 40.8. The fraction of sp³-hybridized carbons (Fsp3) is 0.277. The molecule has 0 bridgehead atoms. The van der Waals surface area contributed by atoms with Crippen LogP contribution in [0.1, 0.15) is 70.3 Å². The van der Waals surface area contributed by atoms with Crippen molar-refractivity contribution in [3.05, 3.63) is 138 Å². The standard InChI is InChI=1S/C29H24NS.C18H24NSi.Ir/c1-2-9-22(10-3-1)23-13-14-24-25-11-6-12-26(29(25)31-28(24)19-23)27-18-21(15-16-30-27)17-20-7-4-5-8-20;1-13(2)16-11-17(15-9-7-14(3)8-10-15)19-12-18(16)20(4,5)6;/h1-3,6,9-11,13-16,18-20H,4-5,7-8,17H2;7-9,11-13H,1-6H3;/q2*-1;/i17D2;3D3,13D;. The van der Waals surface area contributed by atoms with Crippen LogP contribution in [-0.4, -0.2) is 18.0 Å². The Hall–Kier alpha value is -3.73. The Morgan fingerprint density at radius 3 is 2.40 bits per heavy atom. The van der Waals surface area contributed by atoms with Crippen LogP contribution in [0.5, 0.6) is 0 Å². The van der Waals surface area contributed by atoms with Gasteiger partial charge in [0.15, 0.2) is 0 Å². The predicted octanol–water partition coefficient (Wildman–Crippen LogP) is 12.8. The van der Waals surface area contributed by atoms with Crippen molar-refractivity contribution in [2.75, 3.05) is 0 Å². The number of thiophene rings is 1. The molecule has 0 N–H and O–H groups in total. The molecule has 1 aliphatic rings. The minimum Gasteiger partial charge on any atom is -0.305 e. The molecule has 1 radical (unpaired) electrons. The van der Waals surface area contributed by atoms with Crippen LogP contribution in [0.25, 0.3) is 53.8 Å². The van der Waals surface area contributed by atoms with Crippen LogP contribution in [0.15, 0.2) is 109 Å². The summed E-state index contributed by atoms with van der Waals surface area (Å²) in [6.45, 7) is 8.38. The number of hydrogen-bond acceptors (Lipinski definition) is 3. The summed E-state index contributed by atoms with van der Waals surface area (Å²) in [4.78, 5) is 9.20. The van der Waals surface area contributed by atoms with Crippen LogP contribution < -0.4 is 5.19 Å². The van der Waals surface area contributed by atoms with E-state index in [9.17, 15) is 0 Å². The van der Waals surface area contributed by atoms with Gasteiger partial charge in [-0.05, 0) is 68.1 Å². The van der Waals surface area contributed by atoms with Gasteiger partial charge in [-0.15, -0.1) is 59.2 Å². The Kier molecular flexibility index (Phi) is 9.75. The van der Waals surface area contributed by atoms with E-state index in [0.29, 0.717) is 0 Å². The summed E-state index contributed by atoms with van der Waals surface area (Å²) in [7, 11) is -1.61. The molecule has 5 heteroatoms. The zero-order valence-electron chi connectivity index (χ0n) is 36.4. The Balaban J connectivity index is 0.000000203. The largest absolute Gasteiger partial charge is 0.305 e. The summed E-state index contributed by atoms with van der Waals surface area (Å²) in [6, 6.07) is 38.2. The summed E-state index contributed by atoms with van der Waals surface area (Å²) in [5, 5.41) is 3.63. The van der Waals surface area contributed by atoms with Gasteiger partial charge in [-0.3, -0.25) is 0 Å². The van der Waals surface area contributed by atoms with Gasteiger partial charge in [0.1, 0.15) is 0 Å². The second-order valence-corrected chi connectivity index (χ2v) is 20.8. The first-order chi connectivity index (χ1) is 26.9. The molecule has 8 rings (SSSR count). The third-order valence-electron chi connectivity index (χ3n) is 9.62. The van der Waals surface area contributed by atoms with E-state index >= 15 is 0 Å². The van der Waals surface area contributed by atoms with Crippen molar-refractivity contribution < 1.29 is 28.3 Å². The van der Waals surface area contributed by atoms with Crippen molar-refractivity contribution in [1.29, 1.82) is 0 Å². The van der Waals surface area contributed by atoms with E-state index in [1.54, 1.807) is 29.7 Å². The number of rotatable bonds is 7. The molecule has 7 aromatic rings. The van der Waals surface area contributed by atoms with Gasteiger partial charge in [0.2, 0.25) is 0 Å². The van der Waals surface area contributed by atoms with E-state index in [-0.39, 0.29) is 31.6 Å². The summed E-state index contributed by atoms with van der Waals surface area (Å²) in [5.74, 6) is -0.625. The van der Waals surface area contributed by atoms with Crippen LogP contribution in [0, 0.1) is 24.9 Å². The Bertz CT molecular complexity index is 2520. The van der Waals surface area contributed by atoms with E-state index in [2.05, 4.69) is 90.3 Å². The number of pyridine rings is 2. The fourth-order valence-electron chi connectivity index (χ4n) is 6.90. The molecule has 0 amide bonds. The average Bonchev–Trinajstić information content (AvgIpc) is 3.87. The molecule has 52 heavy (non-hydrogen) atoms. The topological polar surface area (TPSA) is 25.8 Å². The Morgan fingerprint density at radius 2 is 1.69 bits per heavy atom. The maximum absolute atomic E-state index is 8.81. The quantitative estimate of drug-likeness (QED) is 0.118. The molecular weight excluding hydrogens is 845 g/mol. The molecule has 1 fully saturated rings. The second-order valence-electron chi connectivity index (χ2n) is 14.7. The molecule has 0 saturated heterocycles. The van der Waals surface area contributed by atoms with Crippen molar-refractivity contribution >= 4 is 44.8 Å². The SMILES string of the molecule is [2H]C([2H])([2H])c1c[c-]c(-c2cc(C([2H])(C)C)c([Si](C)(C)C)cn2)cc1.[2H]C([2H])(c1ccnc(-c2[c-]ccc3c2sc2cc(-c4ccccc4)ccc23)c1)C1CCCC1.[Ir]. The minimum absolute atomic E-state index is 0. The maximum atomic E-state index is 8.81. The van der Waals surface area contributed by atoms with Gasteiger partial charge < -0.3 is 9.97 Å². The molecule has 0 unspecified atom stereocenters. The van der Waals surface area contributed by atoms with E-state index in [4.69, 9.17) is 8.22 Å². The molecule has 0 spiro atoms. The molecule has 3 aromatic heterocycles. The van der Waals surface area contributed by atoms with Gasteiger partial charge in [-0.2, -0.15) is 11.3 Å². The molecule has 0 atom stereocenters. The van der Waals surface area contributed by atoms with E-state index < -0.39 is 27.2 Å². The average molecular weight is 899 g/mol. The Labute approximate surface area is 337 Å². The molecule has 0 aliphatic heterocycles. The molecular formula is C47H48IrN2SSi-2. The predicted molar refractivity (Wildman–Crippen MR) is 223 cm³/mol. The van der Waals surface area contributed by atoms with Gasteiger partial charge in [-0.25, -0.2) is 0 Å². The normalized spacial score (nSPS) is 15.7. The third-order valence-corrected chi connectivity index (χ3v) is 12.8. The van der Waals surface area contributed by atoms with Crippen LogP contribution in [0.3, 0.4) is 0 Å². The van der Waals surface area contributed by atoms with Crippen molar-refractivity contribution in [3.63, 3.8) is 0 Å². The fourth-order valence-corrected chi connectivity index (χ4v) is 9.73. The molecule has 267 valence electrons. The number of nitrogens with zero attached hydrogens (tertiary/aromatic N) is 2. The van der Waals surface area contributed by atoms with E-state index in [1.165, 1.54) is 37.9 Å². The molecule has 3 heterocycles. The minimum atomic E-state index is -2.13. The summed E-state index contributed by atoms with van der Waals surface area (Å²) in [5.41, 5.74) is 7.65. The van der Waals surface area contributed by atoms with Crippen LogP contribution in [-0.2, 0) is 26.5 Å². The van der Waals surface area contributed by atoms with Gasteiger partial charge in [0.05, 0.1) is 8.07 Å². The molecule has 1 aliphatic carbocycles. The van der Waals surface area contributed by atoms with E-state index in [1.807, 2.05) is 50.4 Å². The molecule has 4 aromatic carbocycles. The first-order valence-corrected chi connectivity index (χ1v) is 22.2. The monoisotopic (exact) mass is 899 g/mol. The van der Waals surface area contributed by atoms with Crippen molar-refractivity contribution in [2.45, 2.75) is 78.3 Å². The number of benzene rings is 4.